The van der Waals surface area contributed by atoms with Crippen LogP contribution in [0.15, 0.2) is 24.4 Å². The van der Waals surface area contributed by atoms with Gasteiger partial charge in [0.1, 0.15) is 5.82 Å². The maximum absolute atomic E-state index is 5.40. The Kier molecular flexibility index (Phi) is 5.65. The Balaban J connectivity index is 1.82. The van der Waals surface area contributed by atoms with Gasteiger partial charge in [0.15, 0.2) is 11.5 Å². The lowest BCUT2D eigenvalue weighted by atomic mass is 10.00. The maximum atomic E-state index is 5.40. The fourth-order valence-electron chi connectivity index (χ4n) is 3.08. The predicted molar refractivity (Wildman–Crippen MR) is 102 cm³/mol. The molecule has 0 spiro atoms. The van der Waals surface area contributed by atoms with E-state index < -0.39 is 0 Å². The average Bonchev–Trinajstić information content (AvgIpc) is 2.68. The first-order valence-corrected chi connectivity index (χ1v) is 8.79. The predicted octanol–water partition coefficient (Wildman–Crippen LogP) is 3.48. The van der Waals surface area contributed by atoms with Crippen LogP contribution in [0.3, 0.4) is 0 Å². The molecule has 1 aliphatic heterocycles. The molecule has 0 amide bonds. The summed E-state index contributed by atoms with van der Waals surface area (Å²) in [5, 5.41) is 3.30. The molecular formula is C19H26N4O3. The van der Waals surface area contributed by atoms with Crippen LogP contribution in [0.4, 0.5) is 17.5 Å². The highest BCUT2D eigenvalue weighted by molar-refractivity contribution is 5.66. The quantitative estimate of drug-likeness (QED) is 0.848. The van der Waals surface area contributed by atoms with Gasteiger partial charge in [0.25, 0.3) is 0 Å². The van der Waals surface area contributed by atoms with E-state index in [0.717, 1.165) is 36.5 Å². The fourth-order valence-corrected chi connectivity index (χ4v) is 3.08. The van der Waals surface area contributed by atoms with Crippen molar-refractivity contribution in [1.82, 2.24) is 9.97 Å². The second kappa shape index (κ2) is 8.12. The summed E-state index contributed by atoms with van der Waals surface area (Å²) in [6.07, 6.45) is 4.13. The zero-order chi connectivity index (χ0) is 18.5. The van der Waals surface area contributed by atoms with Crippen molar-refractivity contribution in [2.24, 2.45) is 5.92 Å². The van der Waals surface area contributed by atoms with E-state index in [1.165, 1.54) is 12.8 Å². The third-order valence-electron chi connectivity index (χ3n) is 4.65. The lowest BCUT2D eigenvalue weighted by Gasteiger charge is -2.30. The highest BCUT2D eigenvalue weighted by atomic mass is 16.5. The van der Waals surface area contributed by atoms with Crippen LogP contribution in [0.2, 0.25) is 0 Å². The Morgan fingerprint density at radius 2 is 1.69 bits per heavy atom. The van der Waals surface area contributed by atoms with Gasteiger partial charge in [0, 0.05) is 37.1 Å². The molecule has 26 heavy (non-hydrogen) atoms. The van der Waals surface area contributed by atoms with Crippen LogP contribution in [0.5, 0.6) is 17.2 Å². The van der Waals surface area contributed by atoms with Crippen molar-refractivity contribution >= 4 is 17.5 Å². The van der Waals surface area contributed by atoms with Crippen molar-refractivity contribution < 1.29 is 14.2 Å². The average molecular weight is 358 g/mol. The number of aromatic nitrogens is 2. The number of hydrogen-bond acceptors (Lipinski definition) is 7. The Labute approximate surface area is 154 Å². The van der Waals surface area contributed by atoms with Gasteiger partial charge in [0.05, 0.1) is 21.3 Å². The summed E-state index contributed by atoms with van der Waals surface area (Å²) < 4.78 is 16.2. The maximum Gasteiger partial charge on any atom is 0.227 e. The summed E-state index contributed by atoms with van der Waals surface area (Å²) in [7, 11) is 4.78. The summed E-state index contributed by atoms with van der Waals surface area (Å²) in [4.78, 5) is 11.3. The molecule has 2 heterocycles. The summed E-state index contributed by atoms with van der Waals surface area (Å²) in [6.45, 7) is 4.28. The first-order chi connectivity index (χ1) is 12.6. The Morgan fingerprint density at radius 1 is 1.04 bits per heavy atom. The fraction of sp³-hybridized carbons (Fsp3) is 0.474. The molecule has 1 fully saturated rings. The van der Waals surface area contributed by atoms with Crippen LogP contribution in [-0.4, -0.2) is 44.4 Å². The van der Waals surface area contributed by atoms with Gasteiger partial charge < -0.3 is 24.4 Å². The van der Waals surface area contributed by atoms with E-state index in [4.69, 9.17) is 14.2 Å². The van der Waals surface area contributed by atoms with Crippen molar-refractivity contribution in [3.8, 4) is 17.2 Å². The molecule has 140 valence electrons. The van der Waals surface area contributed by atoms with Crippen molar-refractivity contribution in [3.05, 3.63) is 24.4 Å². The summed E-state index contributed by atoms with van der Waals surface area (Å²) in [5.74, 6) is 4.00. The van der Waals surface area contributed by atoms with Gasteiger partial charge in [-0.1, -0.05) is 6.92 Å². The molecule has 1 aliphatic rings. The Bertz CT molecular complexity index is 720. The largest absolute Gasteiger partial charge is 0.493 e. The molecule has 1 saturated heterocycles. The minimum Gasteiger partial charge on any atom is -0.493 e. The van der Waals surface area contributed by atoms with Crippen LogP contribution in [0.25, 0.3) is 0 Å². The number of benzene rings is 1. The molecule has 7 nitrogen and oxygen atoms in total. The zero-order valence-electron chi connectivity index (χ0n) is 15.8. The van der Waals surface area contributed by atoms with Gasteiger partial charge in [0.2, 0.25) is 11.7 Å². The molecule has 1 N–H and O–H groups in total. The van der Waals surface area contributed by atoms with Crippen LogP contribution >= 0.6 is 0 Å². The van der Waals surface area contributed by atoms with Crippen LogP contribution in [-0.2, 0) is 0 Å². The van der Waals surface area contributed by atoms with Gasteiger partial charge in [-0.25, -0.2) is 4.98 Å². The van der Waals surface area contributed by atoms with Gasteiger partial charge >= 0.3 is 0 Å². The van der Waals surface area contributed by atoms with Crippen molar-refractivity contribution in [1.29, 1.82) is 0 Å². The van der Waals surface area contributed by atoms with Gasteiger partial charge in [-0.3, -0.25) is 0 Å². The van der Waals surface area contributed by atoms with E-state index in [9.17, 15) is 0 Å². The number of nitrogens with one attached hydrogen (secondary N) is 1. The number of rotatable bonds is 6. The van der Waals surface area contributed by atoms with Gasteiger partial charge in [-0.05, 0) is 24.8 Å². The minimum atomic E-state index is 0.561. The SMILES string of the molecule is COc1cc(Nc2ccnc(N3CCC(C)CC3)n2)cc(OC)c1OC. The summed E-state index contributed by atoms with van der Waals surface area (Å²) in [6, 6.07) is 5.55. The van der Waals surface area contributed by atoms with E-state index in [2.05, 4.69) is 27.1 Å². The second-order valence-corrected chi connectivity index (χ2v) is 6.45. The summed E-state index contributed by atoms with van der Waals surface area (Å²) in [5.41, 5.74) is 0.802. The molecule has 0 unspecified atom stereocenters. The molecule has 1 aromatic heterocycles. The second-order valence-electron chi connectivity index (χ2n) is 6.45. The molecule has 0 radical (unpaired) electrons. The van der Waals surface area contributed by atoms with Gasteiger partial charge in [-0.2, -0.15) is 4.98 Å². The summed E-state index contributed by atoms with van der Waals surface area (Å²) >= 11 is 0. The van der Waals surface area contributed by atoms with E-state index in [1.807, 2.05) is 18.2 Å². The first kappa shape index (κ1) is 18.1. The van der Waals surface area contributed by atoms with Crippen LogP contribution in [0, 0.1) is 5.92 Å². The monoisotopic (exact) mass is 358 g/mol. The van der Waals surface area contributed by atoms with E-state index in [-0.39, 0.29) is 0 Å². The third kappa shape index (κ3) is 3.92. The molecule has 1 aromatic carbocycles. The van der Waals surface area contributed by atoms with Crippen LogP contribution in [0.1, 0.15) is 19.8 Å². The van der Waals surface area contributed by atoms with Crippen molar-refractivity contribution in [3.63, 3.8) is 0 Å². The molecule has 0 saturated carbocycles. The minimum absolute atomic E-state index is 0.561. The highest BCUT2D eigenvalue weighted by Gasteiger charge is 2.18. The Hall–Kier alpha value is -2.70. The molecule has 2 aromatic rings. The van der Waals surface area contributed by atoms with E-state index in [0.29, 0.717) is 17.2 Å². The number of piperidine rings is 1. The molecule has 3 rings (SSSR count). The molecule has 0 atom stereocenters. The standard InChI is InChI=1S/C19H26N4O3/c1-13-6-9-23(10-7-13)19-20-8-5-17(22-19)21-14-11-15(24-2)18(26-4)16(12-14)25-3/h5,8,11-13H,6-7,9-10H2,1-4H3,(H,20,21,22). The normalized spacial score (nSPS) is 14.8. The van der Waals surface area contributed by atoms with E-state index in [1.54, 1.807) is 27.5 Å². The zero-order valence-corrected chi connectivity index (χ0v) is 15.8. The Morgan fingerprint density at radius 3 is 2.27 bits per heavy atom. The first-order valence-electron chi connectivity index (χ1n) is 8.79. The number of ether oxygens (including phenoxy) is 3. The third-order valence-corrected chi connectivity index (χ3v) is 4.65. The van der Waals surface area contributed by atoms with Crippen LogP contribution < -0.4 is 24.4 Å². The van der Waals surface area contributed by atoms with Gasteiger partial charge in [-0.15, -0.1) is 0 Å². The topological polar surface area (TPSA) is 68.7 Å². The lowest BCUT2D eigenvalue weighted by Crippen LogP contribution is -2.34. The number of methoxy groups -OCH3 is 3. The highest BCUT2D eigenvalue weighted by Crippen LogP contribution is 2.40. The van der Waals surface area contributed by atoms with Crippen molar-refractivity contribution in [2.45, 2.75) is 19.8 Å². The van der Waals surface area contributed by atoms with E-state index >= 15 is 0 Å². The smallest absolute Gasteiger partial charge is 0.227 e. The lowest BCUT2D eigenvalue weighted by molar-refractivity contribution is 0.324. The van der Waals surface area contributed by atoms with Crippen molar-refractivity contribution in [2.75, 3.05) is 44.6 Å². The molecule has 7 heteroatoms. The molecular weight excluding hydrogens is 332 g/mol. The molecule has 0 bridgehead atoms. The number of anilines is 3. The molecule has 0 aliphatic carbocycles. The number of hydrogen-bond donors (Lipinski definition) is 1. The number of nitrogens with zero attached hydrogens (tertiary/aromatic N) is 3.